The van der Waals surface area contributed by atoms with Gasteiger partial charge < -0.3 is 9.84 Å². The number of halogens is 1. The normalized spacial score (nSPS) is 11.2. The van der Waals surface area contributed by atoms with Crippen LogP contribution in [0.4, 0.5) is 0 Å². The number of sulfonamides is 1. The zero-order chi connectivity index (χ0) is 13.2. The number of carboxylic acid groups (broad SMARTS) is 1. The van der Waals surface area contributed by atoms with Crippen LogP contribution in [0.5, 0.6) is 5.75 Å². The number of nitrogens with one attached hydrogen (secondary N) is 1. The van der Waals surface area contributed by atoms with Crippen LogP contribution in [0.25, 0.3) is 0 Å². The molecule has 7 nitrogen and oxygen atoms in total. The highest BCUT2D eigenvalue weighted by Gasteiger charge is 2.24. The van der Waals surface area contributed by atoms with Gasteiger partial charge in [0.25, 0.3) is 10.0 Å². The highest BCUT2D eigenvalue weighted by molar-refractivity contribution is 7.89. The zero-order valence-electron chi connectivity index (χ0n) is 8.60. The molecule has 0 atom stereocenters. The standard InChI is InChI=1S/C8H9ClN2O5S/c1-16-7-5(8(12)13)2-4(9)3-6(7)17(14,15)11-10/h2-3,11H,10H2,1H3,(H,12,13). The van der Waals surface area contributed by atoms with Crippen LogP contribution in [0.2, 0.25) is 5.02 Å². The molecular weight excluding hydrogens is 272 g/mol. The number of hydrogen-bond donors (Lipinski definition) is 3. The number of carboxylic acids is 1. The molecule has 0 aliphatic heterocycles. The predicted molar refractivity (Wildman–Crippen MR) is 59.5 cm³/mol. The third-order valence-electron chi connectivity index (χ3n) is 1.90. The SMILES string of the molecule is COc1c(C(=O)O)cc(Cl)cc1S(=O)(=O)NN. The molecule has 0 amide bonds. The summed E-state index contributed by atoms with van der Waals surface area (Å²) in [5.41, 5.74) is -0.367. The van der Waals surface area contributed by atoms with Crippen LogP contribution in [-0.4, -0.2) is 26.6 Å². The number of methoxy groups -OCH3 is 1. The van der Waals surface area contributed by atoms with Crippen molar-refractivity contribution in [2.45, 2.75) is 4.90 Å². The Hall–Kier alpha value is -1.35. The van der Waals surface area contributed by atoms with Crippen molar-refractivity contribution in [3.05, 3.63) is 22.7 Å². The molecule has 0 saturated carbocycles. The van der Waals surface area contributed by atoms with E-state index < -0.39 is 20.9 Å². The molecule has 4 N–H and O–H groups in total. The fourth-order valence-corrected chi connectivity index (χ4v) is 2.33. The van der Waals surface area contributed by atoms with E-state index in [0.717, 1.165) is 19.2 Å². The van der Waals surface area contributed by atoms with Crippen molar-refractivity contribution in [2.24, 2.45) is 5.84 Å². The molecule has 1 rings (SSSR count). The minimum absolute atomic E-state index is 0.0583. The van der Waals surface area contributed by atoms with Crippen molar-refractivity contribution >= 4 is 27.6 Å². The Morgan fingerprint density at radius 2 is 2.12 bits per heavy atom. The minimum Gasteiger partial charge on any atom is -0.494 e. The average molecular weight is 281 g/mol. The molecule has 1 aromatic carbocycles. The summed E-state index contributed by atoms with van der Waals surface area (Å²) in [7, 11) is -2.92. The molecular formula is C8H9ClN2O5S. The van der Waals surface area contributed by atoms with Crippen LogP contribution < -0.4 is 15.4 Å². The van der Waals surface area contributed by atoms with Gasteiger partial charge in [-0.3, -0.25) is 5.84 Å². The number of hydrazine groups is 1. The van der Waals surface area contributed by atoms with E-state index in [9.17, 15) is 13.2 Å². The highest BCUT2D eigenvalue weighted by atomic mass is 35.5. The van der Waals surface area contributed by atoms with Crippen molar-refractivity contribution in [2.75, 3.05) is 7.11 Å². The van der Waals surface area contributed by atoms with Crippen LogP contribution in [0.15, 0.2) is 17.0 Å². The molecule has 0 unspecified atom stereocenters. The summed E-state index contributed by atoms with van der Waals surface area (Å²) in [6.45, 7) is 0. The second kappa shape index (κ2) is 4.88. The van der Waals surface area contributed by atoms with Gasteiger partial charge in [0.05, 0.1) is 7.11 Å². The maximum Gasteiger partial charge on any atom is 0.339 e. The third kappa shape index (κ3) is 2.67. The first kappa shape index (κ1) is 13.7. The Bertz CT molecular complexity index is 557. The third-order valence-corrected chi connectivity index (χ3v) is 3.31. The van der Waals surface area contributed by atoms with Crippen LogP contribution in [0.3, 0.4) is 0 Å². The number of hydrogen-bond acceptors (Lipinski definition) is 5. The van der Waals surface area contributed by atoms with E-state index in [1.807, 2.05) is 0 Å². The maximum atomic E-state index is 11.5. The van der Waals surface area contributed by atoms with E-state index in [1.54, 1.807) is 4.83 Å². The van der Waals surface area contributed by atoms with E-state index >= 15 is 0 Å². The van der Waals surface area contributed by atoms with Crippen molar-refractivity contribution in [3.8, 4) is 5.75 Å². The van der Waals surface area contributed by atoms with Crippen molar-refractivity contribution < 1.29 is 23.1 Å². The minimum atomic E-state index is -4.06. The molecule has 0 aliphatic carbocycles. The topological polar surface area (TPSA) is 119 Å². The summed E-state index contributed by atoms with van der Waals surface area (Å²) >= 11 is 5.63. The molecule has 0 fully saturated rings. The Morgan fingerprint density at radius 3 is 2.53 bits per heavy atom. The van der Waals surface area contributed by atoms with Crippen LogP contribution in [-0.2, 0) is 10.0 Å². The van der Waals surface area contributed by atoms with Gasteiger partial charge in [0, 0.05) is 5.02 Å². The summed E-state index contributed by atoms with van der Waals surface area (Å²) in [6.07, 6.45) is 0. The molecule has 0 saturated heterocycles. The number of rotatable bonds is 4. The van der Waals surface area contributed by atoms with Gasteiger partial charge in [0.1, 0.15) is 10.5 Å². The summed E-state index contributed by atoms with van der Waals surface area (Å²) in [6, 6.07) is 2.13. The van der Waals surface area contributed by atoms with E-state index in [4.69, 9.17) is 27.3 Å². The monoisotopic (exact) mass is 280 g/mol. The lowest BCUT2D eigenvalue weighted by atomic mass is 10.2. The summed E-state index contributed by atoms with van der Waals surface area (Å²) in [4.78, 5) is 12.0. The highest BCUT2D eigenvalue weighted by Crippen LogP contribution is 2.31. The smallest absolute Gasteiger partial charge is 0.339 e. The first-order valence-electron chi connectivity index (χ1n) is 4.16. The van der Waals surface area contributed by atoms with Crippen molar-refractivity contribution in [1.82, 2.24) is 4.83 Å². The fraction of sp³-hybridized carbons (Fsp3) is 0.125. The van der Waals surface area contributed by atoms with E-state index in [2.05, 4.69) is 0 Å². The molecule has 1 aromatic rings. The predicted octanol–water partition coefficient (Wildman–Crippen LogP) is 0.199. The first-order chi connectivity index (χ1) is 7.83. The molecule has 17 heavy (non-hydrogen) atoms. The van der Waals surface area contributed by atoms with E-state index in [-0.39, 0.29) is 16.3 Å². The molecule has 0 aromatic heterocycles. The van der Waals surface area contributed by atoms with Crippen LogP contribution in [0.1, 0.15) is 10.4 Å². The number of nitrogens with two attached hydrogens (primary N) is 1. The molecule has 9 heteroatoms. The average Bonchev–Trinajstić information content (AvgIpc) is 2.27. The lowest BCUT2D eigenvalue weighted by molar-refractivity contribution is 0.0693. The molecule has 94 valence electrons. The summed E-state index contributed by atoms with van der Waals surface area (Å²) in [5.74, 6) is 3.16. The van der Waals surface area contributed by atoms with Crippen LogP contribution >= 0.6 is 11.6 Å². The van der Waals surface area contributed by atoms with Gasteiger partial charge >= 0.3 is 5.97 Å². The van der Waals surface area contributed by atoms with Gasteiger partial charge in [0.15, 0.2) is 5.75 Å². The lowest BCUT2D eigenvalue weighted by Crippen LogP contribution is -2.30. The van der Waals surface area contributed by atoms with E-state index in [1.165, 1.54) is 0 Å². The molecule has 0 radical (unpaired) electrons. The van der Waals surface area contributed by atoms with Crippen molar-refractivity contribution in [1.29, 1.82) is 0 Å². The van der Waals surface area contributed by atoms with E-state index in [0.29, 0.717) is 0 Å². The largest absolute Gasteiger partial charge is 0.494 e. The first-order valence-corrected chi connectivity index (χ1v) is 6.03. The number of carbonyl (C=O) groups is 1. The van der Waals surface area contributed by atoms with Crippen LogP contribution in [0, 0.1) is 0 Å². The zero-order valence-corrected chi connectivity index (χ0v) is 10.2. The Kier molecular flexibility index (Phi) is 3.94. The lowest BCUT2D eigenvalue weighted by Gasteiger charge is -2.11. The van der Waals surface area contributed by atoms with Gasteiger partial charge in [-0.15, -0.1) is 4.83 Å². The number of ether oxygens (including phenoxy) is 1. The summed E-state index contributed by atoms with van der Waals surface area (Å²) < 4.78 is 27.8. The quantitative estimate of drug-likeness (QED) is 0.535. The molecule has 0 bridgehead atoms. The fourth-order valence-electron chi connectivity index (χ4n) is 1.20. The van der Waals surface area contributed by atoms with Gasteiger partial charge in [0.2, 0.25) is 0 Å². The number of aromatic carboxylic acids is 1. The maximum absolute atomic E-state index is 11.5. The Morgan fingerprint density at radius 1 is 1.53 bits per heavy atom. The second-order valence-corrected chi connectivity index (χ2v) is 5.03. The van der Waals surface area contributed by atoms with Gasteiger partial charge in [-0.1, -0.05) is 11.6 Å². The molecule has 0 aliphatic rings. The Labute approximate surface area is 102 Å². The molecule has 0 heterocycles. The van der Waals surface area contributed by atoms with Gasteiger partial charge in [-0.05, 0) is 12.1 Å². The van der Waals surface area contributed by atoms with Gasteiger partial charge in [-0.25, -0.2) is 13.2 Å². The van der Waals surface area contributed by atoms with Crippen molar-refractivity contribution in [3.63, 3.8) is 0 Å². The van der Waals surface area contributed by atoms with Gasteiger partial charge in [-0.2, -0.15) is 0 Å². The molecule has 0 spiro atoms. The second-order valence-electron chi connectivity index (χ2n) is 2.91. The number of benzene rings is 1. The summed E-state index contributed by atoms with van der Waals surface area (Å²) in [5, 5.41) is 8.84. The Balaban J connectivity index is 3.67.